The Bertz CT molecular complexity index is 920. The van der Waals surface area contributed by atoms with Crippen molar-refractivity contribution in [3.05, 3.63) is 49.7 Å². The maximum absolute atomic E-state index is 8.92. The summed E-state index contributed by atoms with van der Waals surface area (Å²) < 4.78 is 4.06. The number of nitriles is 1. The van der Waals surface area contributed by atoms with Gasteiger partial charge in [0.05, 0.1) is 22.8 Å². The Kier molecular flexibility index (Phi) is 3.46. The van der Waals surface area contributed by atoms with Crippen LogP contribution in [0.2, 0.25) is 0 Å². The molecule has 2 heterocycles. The molecule has 1 N–H and O–H groups in total. The van der Waals surface area contributed by atoms with E-state index in [1.807, 2.05) is 16.7 Å². The highest BCUT2D eigenvalue weighted by Crippen LogP contribution is 2.26. The van der Waals surface area contributed by atoms with Gasteiger partial charge in [0.25, 0.3) is 0 Å². The Hall–Kier alpha value is -1.49. The molecule has 0 amide bonds. The van der Waals surface area contributed by atoms with Gasteiger partial charge >= 0.3 is 0 Å². The van der Waals surface area contributed by atoms with Crippen molar-refractivity contribution >= 4 is 55.2 Å². The highest BCUT2D eigenvalue weighted by atomic mass is 79.9. The lowest BCUT2D eigenvalue weighted by atomic mass is 10.2. The van der Waals surface area contributed by atoms with Crippen LogP contribution >= 0.6 is 44.1 Å². The summed E-state index contributed by atoms with van der Waals surface area (Å²) in [5.74, 6) is 0. The van der Waals surface area contributed by atoms with E-state index >= 15 is 0 Å². The third-order valence-corrected chi connectivity index (χ3v) is 4.16. The number of pyridine rings is 1. The number of nitrogens with one attached hydrogen (secondary N) is 1. The fourth-order valence-electron chi connectivity index (χ4n) is 1.95. The van der Waals surface area contributed by atoms with Gasteiger partial charge in [-0.05, 0) is 68.3 Å². The summed E-state index contributed by atoms with van der Waals surface area (Å²) in [7, 11) is 0. The quantitative estimate of drug-likeness (QED) is 0.602. The van der Waals surface area contributed by atoms with Crippen LogP contribution in [0.15, 0.2) is 39.4 Å². The lowest BCUT2D eigenvalue weighted by molar-refractivity contribution is 1.04. The highest BCUT2D eigenvalue weighted by molar-refractivity contribution is 9.10. The molecule has 20 heavy (non-hydrogen) atoms. The first-order chi connectivity index (χ1) is 9.60. The summed E-state index contributed by atoms with van der Waals surface area (Å²) in [5.41, 5.74) is 3.02. The average Bonchev–Trinajstić information content (AvgIpc) is 2.73. The molecule has 0 fully saturated rings. The minimum atomic E-state index is 0.552. The van der Waals surface area contributed by atoms with Gasteiger partial charge < -0.3 is 4.98 Å². The molecule has 0 atom stereocenters. The van der Waals surface area contributed by atoms with Gasteiger partial charge in [-0.25, -0.2) is 4.98 Å². The van der Waals surface area contributed by atoms with Crippen LogP contribution in [-0.2, 0) is 0 Å². The molecule has 0 saturated heterocycles. The summed E-state index contributed by atoms with van der Waals surface area (Å²) >= 11 is 12.2. The van der Waals surface area contributed by atoms with E-state index in [4.69, 9.17) is 17.5 Å². The number of imidazole rings is 1. The molecule has 0 bridgehead atoms. The summed E-state index contributed by atoms with van der Waals surface area (Å²) in [6, 6.07) is 9.38. The van der Waals surface area contributed by atoms with E-state index in [2.05, 4.69) is 47.9 Å². The average molecular weight is 410 g/mol. The molecule has 0 aliphatic rings. The third kappa shape index (κ3) is 2.20. The Balaban J connectivity index is 2.33. The van der Waals surface area contributed by atoms with E-state index in [0.717, 1.165) is 25.8 Å². The maximum atomic E-state index is 8.92. The highest BCUT2D eigenvalue weighted by Gasteiger charge is 2.11. The van der Waals surface area contributed by atoms with Gasteiger partial charge in [-0.1, -0.05) is 0 Å². The van der Waals surface area contributed by atoms with Crippen LogP contribution in [0.1, 0.15) is 5.56 Å². The first kappa shape index (κ1) is 13.5. The molecule has 0 radical (unpaired) electrons. The molecule has 0 aliphatic carbocycles. The van der Waals surface area contributed by atoms with Crippen molar-refractivity contribution in [3.63, 3.8) is 0 Å². The van der Waals surface area contributed by atoms with E-state index in [9.17, 15) is 0 Å². The lowest BCUT2D eigenvalue weighted by Gasteiger charge is -2.06. The number of benzene rings is 1. The van der Waals surface area contributed by atoms with Crippen LogP contribution in [0, 0.1) is 16.1 Å². The predicted octanol–water partition coefficient (Wildman–Crippen LogP) is 4.48. The van der Waals surface area contributed by atoms with Crippen LogP contribution in [0.4, 0.5) is 0 Å². The fourth-order valence-corrected chi connectivity index (χ4v) is 3.13. The molecule has 1 aromatic carbocycles. The van der Waals surface area contributed by atoms with E-state index in [-0.39, 0.29) is 0 Å². The van der Waals surface area contributed by atoms with Crippen molar-refractivity contribution in [1.29, 1.82) is 5.26 Å². The minimum absolute atomic E-state index is 0.552. The largest absolute Gasteiger partial charge is 0.329 e. The van der Waals surface area contributed by atoms with Gasteiger partial charge in [0.15, 0.2) is 10.4 Å². The molecule has 0 spiro atoms. The number of hydrogen-bond acceptors (Lipinski definition) is 3. The van der Waals surface area contributed by atoms with Crippen molar-refractivity contribution in [2.45, 2.75) is 0 Å². The summed E-state index contributed by atoms with van der Waals surface area (Å²) in [4.78, 5) is 7.52. The Morgan fingerprint density at radius 3 is 2.80 bits per heavy atom. The number of aromatic amines is 1. The smallest absolute Gasteiger partial charge is 0.184 e. The lowest BCUT2D eigenvalue weighted by Crippen LogP contribution is -1.97. The zero-order chi connectivity index (χ0) is 14.3. The first-order valence-electron chi connectivity index (χ1n) is 5.56. The van der Waals surface area contributed by atoms with Crippen molar-refractivity contribution in [3.8, 4) is 11.8 Å². The molecule has 0 saturated carbocycles. The molecular weight excluding hydrogens is 404 g/mol. The zero-order valence-electron chi connectivity index (χ0n) is 9.89. The molecule has 2 aromatic heterocycles. The van der Waals surface area contributed by atoms with Gasteiger partial charge in [0, 0.05) is 15.1 Å². The van der Waals surface area contributed by atoms with E-state index in [1.165, 1.54) is 0 Å². The molecule has 3 rings (SSSR count). The SMILES string of the molecule is N#Cc1ccc(-n2c(=S)[nH]c3cc(Br)cnc32)c(Br)c1. The predicted molar refractivity (Wildman–Crippen MR) is 86.4 cm³/mol. The van der Waals surface area contributed by atoms with Crippen molar-refractivity contribution in [2.24, 2.45) is 0 Å². The molecular formula is C13H6Br2N4S. The second-order valence-corrected chi connectivity index (χ2v) is 6.22. The number of H-pyrrole nitrogens is 1. The Morgan fingerprint density at radius 1 is 1.30 bits per heavy atom. The summed E-state index contributed by atoms with van der Waals surface area (Å²) in [6.07, 6.45) is 1.72. The van der Waals surface area contributed by atoms with E-state index in [1.54, 1.807) is 18.3 Å². The zero-order valence-corrected chi connectivity index (χ0v) is 13.9. The molecule has 7 heteroatoms. The van der Waals surface area contributed by atoms with Gasteiger partial charge in [-0.2, -0.15) is 5.26 Å². The van der Waals surface area contributed by atoms with Crippen molar-refractivity contribution in [2.75, 3.05) is 0 Å². The molecule has 0 unspecified atom stereocenters. The number of halogens is 2. The van der Waals surface area contributed by atoms with Gasteiger partial charge in [-0.3, -0.25) is 4.57 Å². The van der Waals surface area contributed by atoms with Crippen LogP contribution in [0.5, 0.6) is 0 Å². The number of rotatable bonds is 1. The van der Waals surface area contributed by atoms with Crippen molar-refractivity contribution in [1.82, 2.24) is 14.5 Å². The minimum Gasteiger partial charge on any atom is -0.329 e. The first-order valence-corrected chi connectivity index (χ1v) is 7.56. The van der Waals surface area contributed by atoms with Crippen LogP contribution < -0.4 is 0 Å². The molecule has 4 nitrogen and oxygen atoms in total. The van der Waals surface area contributed by atoms with Gasteiger partial charge in [0.1, 0.15) is 0 Å². The third-order valence-electron chi connectivity index (χ3n) is 2.81. The number of fused-ring (bicyclic) bond motifs is 1. The summed E-state index contributed by atoms with van der Waals surface area (Å²) in [5, 5.41) is 8.92. The fraction of sp³-hybridized carbons (Fsp3) is 0. The van der Waals surface area contributed by atoms with Crippen LogP contribution in [0.25, 0.3) is 16.9 Å². The number of aromatic nitrogens is 3. The second kappa shape index (κ2) is 5.13. The van der Waals surface area contributed by atoms with E-state index < -0.39 is 0 Å². The van der Waals surface area contributed by atoms with E-state index in [0.29, 0.717) is 10.3 Å². The van der Waals surface area contributed by atoms with Gasteiger partial charge in [-0.15, -0.1) is 0 Å². The normalized spacial score (nSPS) is 10.7. The van der Waals surface area contributed by atoms with Crippen LogP contribution in [-0.4, -0.2) is 14.5 Å². The standard InChI is InChI=1S/C13H6Br2N4S/c14-8-4-10-12(17-6-8)19(13(20)18-10)11-2-1-7(5-16)3-9(11)15/h1-4,6H,(H,18,20). The number of hydrogen-bond donors (Lipinski definition) is 1. The molecule has 98 valence electrons. The Morgan fingerprint density at radius 2 is 2.10 bits per heavy atom. The molecule has 3 aromatic rings. The summed E-state index contributed by atoms with van der Waals surface area (Å²) in [6.45, 7) is 0. The maximum Gasteiger partial charge on any atom is 0.184 e. The topological polar surface area (TPSA) is 57.4 Å². The Labute approximate surface area is 136 Å². The number of nitrogens with zero attached hydrogens (tertiary/aromatic N) is 3. The van der Waals surface area contributed by atoms with Crippen molar-refractivity contribution < 1.29 is 0 Å². The van der Waals surface area contributed by atoms with Gasteiger partial charge in [0.2, 0.25) is 0 Å². The monoisotopic (exact) mass is 408 g/mol. The van der Waals surface area contributed by atoms with Crippen LogP contribution in [0.3, 0.4) is 0 Å². The second-order valence-electron chi connectivity index (χ2n) is 4.07. The molecule has 0 aliphatic heterocycles.